The van der Waals surface area contributed by atoms with Crippen LogP contribution in [0.25, 0.3) is 0 Å². The van der Waals surface area contributed by atoms with Crippen LogP contribution in [-0.2, 0) is 4.74 Å². The molecule has 0 bridgehead atoms. The SMILES string of the molecule is Cc1nc(Cl)c(Br)cc1OC[C@@H]1CCCN(C(=O)OC(C)(C)C)C1. The summed E-state index contributed by atoms with van der Waals surface area (Å²) in [7, 11) is 0. The summed E-state index contributed by atoms with van der Waals surface area (Å²) in [6.45, 7) is 9.42. The molecule has 1 aromatic heterocycles. The summed E-state index contributed by atoms with van der Waals surface area (Å²) in [5.74, 6) is 0.987. The number of pyridine rings is 1. The first-order valence-corrected chi connectivity index (χ1v) is 9.26. The number of likely N-dealkylation sites (tertiary alicyclic amines) is 1. The quantitative estimate of drug-likeness (QED) is 0.658. The van der Waals surface area contributed by atoms with Gasteiger partial charge in [0.1, 0.15) is 16.5 Å². The predicted molar refractivity (Wildman–Crippen MR) is 97.7 cm³/mol. The van der Waals surface area contributed by atoms with Crippen molar-refractivity contribution in [3.05, 3.63) is 21.4 Å². The fraction of sp³-hybridized carbons (Fsp3) is 0.647. The van der Waals surface area contributed by atoms with Crippen LogP contribution in [0.4, 0.5) is 4.79 Å². The standard InChI is InChI=1S/C17H24BrClN2O3/c1-11-14(8-13(18)15(19)20-11)23-10-12-6-5-7-21(9-12)16(22)24-17(2,3)4/h8,12H,5-7,9-10H2,1-4H3/t12-/m1/s1. The third kappa shape index (κ3) is 5.52. The Bertz CT molecular complexity index is 604. The summed E-state index contributed by atoms with van der Waals surface area (Å²) in [4.78, 5) is 18.2. The van der Waals surface area contributed by atoms with Crippen LogP contribution in [0.1, 0.15) is 39.3 Å². The Balaban J connectivity index is 1.92. The number of ether oxygens (including phenoxy) is 2. The molecule has 7 heteroatoms. The Kier molecular flexibility index (Phi) is 6.37. The van der Waals surface area contributed by atoms with Crippen molar-refractivity contribution in [3.63, 3.8) is 0 Å². The molecule has 134 valence electrons. The molecule has 0 N–H and O–H groups in total. The van der Waals surface area contributed by atoms with Gasteiger partial charge in [-0.1, -0.05) is 11.6 Å². The van der Waals surface area contributed by atoms with Gasteiger partial charge in [0, 0.05) is 19.0 Å². The number of rotatable bonds is 3. The molecule has 1 saturated heterocycles. The molecule has 1 fully saturated rings. The van der Waals surface area contributed by atoms with Crippen LogP contribution in [0.5, 0.6) is 5.75 Å². The lowest BCUT2D eigenvalue weighted by molar-refractivity contribution is 0.0139. The minimum atomic E-state index is -0.473. The third-order valence-electron chi connectivity index (χ3n) is 3.72. The second-order valence-electron chi connectivity index (χ2n) is 7.09. The fourth-order valence-corrected chi connectivity index (χ4v) is 3.06. The molecule has 0 unspecified atom stereocenters. The van der Waals surface area contributed by atoms with E-state index in [0.717, 1.165) is 25.1 Å². The Labute approximate surface area is 156 Å². The van der Waals surface area contributed by atoms with E-state index < -0.39 is 5.60 Å². The summed E-state index contributed by atoms with van der Waals surface area (Å²) < 4.78 is 12.1. The van der Waals surface area contributed by atoms with E-state index >= 15 is 0 Å². The molecule has 0 saturated carbocycles. The number of nitrogens with zero attached hydrogens (tertiary/aromatic N) is 2. The number of aromatic nitrogens is 1. The van der Waals surface area contributed by atoms with Gasteiger partial charge < -0.3 is 14.4 Å². The number of carbonyl (C=O) groups excluding carboxylic acids is 1. The van der Waals surface area contributed by atoms with Crippen molar-refractivity contribution in [2.24, 2.45) is 5.92 Å². The topological polar surface area (TPSA) is 51.7 Å². The lowest BCUT2D eigenvalue weighted by Crippen LogP contribution is -2.44. The summed E-state index contributed by atoms with van der Waals surface area (Å²) in [6, 6.07) is 1.83. The molecule has 24 heavy (non-hydrogen) atoms. The van der Waals surface area contributed by atoms with Crippen molar-refractivity contribution in [2.45, 2.75) is 46.1 Å². The first-order valence-electron chi connectivity index (χ1n) is 8.09. The Morgan fingerprint density at radius 2 is 2.21 bits per heavy atom. The molecule has 2 rings (SSSR count). The number of hydrogen-bond donors (Lipinski definition) is 0. The van der Waals surface area contributed by atoms with E-state index in [0.29, 0.717) is 28.5 Å². The average Bonchev–Trinajstić information content (AvgIpc) is 2.48. The third-order valence-corrected chi connectivity index (χ3v) is 4.84. The largest absolute Gasteiger partial charge is 0.491 e. The van der Waals surface area contributed by atoms with Gasteiger partial charge in [-0.05, 0) is 62.5 Å². The first kappa shape index (κ1) is 19.3. The van der Waals surface area contributed by atoms with E-state index in [2.05, 4.69) is 20.9 Å². The van der Waals surface area contributed by atoms with Gasteiger partial charge in [0.2, 0.25) is 0 Å². The van der Waals surface area contributed by atoms with E-state index in [4.69, 9.17) is 21.1 Å². The lowest BCUT2D eigenvalue weighted by atomic mass is 9.99. The fourth-order valence-electron chi connectivity index (χ4n) is 2.58. The minimum absolute atomic E-state index is 0.251. The second kappa shape index (κ2) is 7.91. The highest BCUT2D eigenvalue weighted by molar-refractivity contribution is 9.10. The van der Waals surface area contributed by atoms with Gasteiger partial charge >= 0.3 is 6.09 Å². The molecule has 0 spiro atoms. The van der Waals surface area contributed by atoms with Crippen molar-refractivity contribution in [2.75, 3.05) is 19.7 Å². The zero-order valence-corrected chi connectivity index (χ0v) is 16.9. The molecule has 0 aromatic carbocycles. The predicted octanol–water partition coefficient (Wildman–Crippen LogP) is 4.83. The number of aryl methyl sites for hydroxylation is 1. The molecular formula is C17H24BrClN2O3. The van der Waals surface area contributed by atoms with Gasteiger partial charge in [-0.25, -0.2) is 9.78 Å². The summed E-state index contributed by atoms with van der Waals surface area (Å²) in [5, 5.41) is 0.425. The van der Waals surface area contributed by atoms with Crippen molar-refractivity contribution in [1.29, 1.82) is 0 Å². The summed E-state index contributed by atoms with van der Waals surface area (Å²) >= 11 is 9.33. The molecule has 1 atom stereocenters. The van der Waals surface area contributed by atoms with Crippen LogP contribution < -0.4 is 4.74 Å². The molecule has 1 aliphatic rings. The van der Waals surface area contributed by atoms with Crippen molar-refractivity contribution in [3.8, 4) is 5.75 Å². The van der Waals surface area contributed by atoms with Crippen LogP contribution >= 0.6 is 27.5 Å². The van der Waals surface area contributed by atoms with E-state index in [1.54, 1.807) is 4.90 Å². The number of carbonyl (C=O) groups is 1. The van der Waals surface area contributed by atoms with Gasteiger partial charge in [0.05, 0.1) is 16.8 Å². The zero-order valence-electron chi connectivity index (χ0n) is 14.6. The zero-order chi connectivity index (χ0) is 17.9. The maximum atomic E-state index is 12.2. The maximum Gasteiger partial charge on any atom is 0.410 e. The molecule has 1 aliphatic heterocycles. The summed E-state index contributed by atoms with van der Waals surface area (Å²) in [5.41, 5.74) is 0.279. The van der Waals surface area contributed by atoms with Crippen molar-refractivity contribution >= 4 is 33.6 Å². The lowest BCUT2D eigenvalue weighted by Gasteiger charge is -2.34. The number of hydrogen-bond acceptors (Lipinski definition) is 4. The monoisotopic (exact) mass is 418 g/mol. The minimum Gasteiger partial charge on any atom is -0.491 e. The van der Waals surface area contributed by atoms with Gasteiger partial charge in [-0.2, -0.15) is 0 Å². The molecule has 5 nitrogen and oxygen atoms in total. The highest BCUT2D eigenvalue weighted by atomic mass is 79.9. The van der Waals surface area contributed by atoms with E-state index in [-0.39, 0.29) is 12.0 Å². The van der Waals surface area contributed by atoms with Gasteiger partial charge in [0.25, 0.3) is 0 Å². The first-order chi connectivity index (χ1) is 11.2. The highest BCUT2D eigenvalue weighted by Gasteiger charge is 2.28. The Morgan fingerprint density at radius 3 is 2.88 bits per heavy atom. The second-order valence-corrected chi connectivity index (χ2v) is 8.30. The van der Waals surface area contributed by atoms with E-state index in [1.807, 2.05) is 33.8 Å². The normalized spacial score (nSPS) is 18.4. The smallest absolute Gasteiger partial charge is 0.410 e. The molecule has 0 radical (unpaired) electrons. The summed E-state index contributed by atoms with van der Waals surface area (Å²) in [6.07, 6.45) is 1.73. The van der Waals surface area contributed by atoms with E-state index in [1.165, 1.54) is 0 Å². The van der Waals surface area contributed by atoms with Crippen LogP contribution in [0.3, 0.4) is 0 Å². The van der Waals surface area contributed by atoms with Crippen molar-refractivity contribution < 1.29 is 14.3 Å². The Hall–Kier alpha value is -1.01. The van der Waals surface area contributed by atoms with Crippen molar-refractivity contribution in [1.82, 2.24) is 9.88 Å². The number of piperidine rings is 1. The average molecular weight is 420 g/mol. The highest BCUT2D eigenvalue weighted by Crippen LogP contribution is 2.28. The molecule has 0 aliphatic carbocycles. The maximum absolute atomic E-state index is 12.2. The number of amides is 1. The van der Waals surface area contributed by atoms with E-state index in [9.17, 15) is 4.79 Å². The van der Waals surface area contributed by atoms with Crippen LogP contribution in [0.2, 0.25) is 5.15 Å². The molecule has 1 amide bonds. The van der Waals surface area contributed by atoms with Gasteiger partial charge in [0.15, 0.2) is 0 Å². The molecular weight excluding hydrogens is 396 g/mol. The van der Waals surface area contributed by atoms with Crippen LogP contribution in [0.15, 0.2) is 10.5 Å². The molecule has 2 heterocycles. The number of halogens is 2. The molecule has 1 aromatic rings. The Morgan fingerprint density at radius 1 is 1.50 bits per heavy atom. The van der Waals surface area contributed by atoms with Crippen LogP contribution in [-0.4, -0.2) is 41.3 Å². The van der Waals surface area contributed by atoms with Gasteiger partial charge in [-0.15, -0.1) is 0 Å². The van der Waals surface area contributed by atoms with Gasteiger partial charge in [-0.3, -0.25) is 0 Å². The van der Waals surface area contributed by atoms with Crippen LogP contribution in [0, 0.1) is 12.8 Å².